The van der Waals surface area contributed by atoms with Crippen molar-refractivity contribution in [3.63, 3.8) is 0 Å². The van der Waals surface area contributed by atoms with Crippen LogP contribution in [0.25, 0.3) is 0 Å². The summed E-state index contributed by atoms with van der Waals surface area (Å²) < 4.78 is 0. The van der Waals surface area contributed by atoms with E-state index in [2.05, 4.69) is 10.6 Å². The monoisotopic (exact) mass is 523 g/mol. The van der Waals surface area contributed by atoms with Crippen molar-refractivity contribution in [3.05, 3.63) is 70.7 Å². The van der Waals surface area contributed by atoms with Crippen LogP contribution in [0.4, 0.5) is 4.79 Å². The molecule has 7 nitrogen and oxygen atoms in total. The van der Waals surface area contributed by atoms with Crippen LogP contribution in [0.1, 0.15) is 44.2 Å². The second-order valence-corrected chi connectivity index (χ2v) is 9.99. The Hall–Kier alpha value is -2.32. The number of amides is 2. The van der Waals surface area contributed by atoms with Gasteiger partial charge in [-0.1, -0.05) is 67.9 Å². The Kier molecular flexibility index (Phi) is 10.4. The highest BCUT2D eigenvalue weighted by atomic mass is 35.5. The van der Waals surface area contributed by atoms with Crippen molar-refractivity contribution in [2.45, 2.75) is 51.3 Å². The van der Waals surface area contributed by atoms with Crippen LogP contribution in [0.3, 0.4) is 0 Å². The van der Waals surface area contributed by atoms with Crippen molar-refractivity contribution >= 4 is 36.0 Å². The van der Waals surface area contributed by atoms with E-state index in [0.717, 1.165) is 11.1 Å². The molecular formula is C26H35Cl2N3O4. The van der Waals surface area contributed by atoms with Gasteiger partial charge in [-0.3, -0.25) is 4.79 Å². The molecule has 2 amide bonds. The molecule has 192 valence electrons. The van der Waals surface area contributed by atoms with Gasteiger partial charge in [-0.15, -0.1) is 12.4 Å². The van der Waals surface area contributed by atoms with Gasteiger partial charge in [0.25, 0.3) is 0 Å². The zero-order valence-electron chi connectivity index (χ0n) is 20.2. The van der Waals surface area contributed by atoms with Crippen LogP contribution in [0.15, 0.2) is 54.6 Å². The molecule has 0 saturated carbocycles. The molecule has 0 bridgehead atoms. The van der Waals surface area contributed by atoms with E-state index < -0.39 is 23.2 Å². The van der Waals surface area contributed by atoms with E-state index in [1.54, 1.807) is 12.1 Å². The molecule has 1 aliphatic rings. The molecule has 0 radical (unpaired) electrons. The molecule has 35 heavy (non-hydrogen) atoms. The van der Waals surface area contributed by atoms with Crippen LogP contribution >= 0.6 is 24.0 Å². The summed E-state index contributed by atoms with van der Waals surface area (Å²) in [6, 6.07) is 16.6. The first-order valence-corrected chi connectivity index (χ1v) is 12.0. The molecule has 2 aromatic rings. The van der Waals surface area contributed by atoms with E-state index in [1.807, 2.05) is 61.2 Å². The van der Waals surface area contributed by atoms with Crippen molar-refractivity contribution in [1.29, 1.82) is 0 Å². The van der Waals surface area contributed by atoms with Crippen molar-refractivity contribution in [2.24, 2.45) is 5.41 Å². The molecule has 0 aromatic heterocycles. The Morgan fingerprint density at radius 3 is 2.37 bits per heavy atom. The molecule has 0 spiro atoms. The minimum Gasteiger partial charge on any atom is -0.465 e. The summed E-state index contributed by atoms with van der Waals surface area (Å²) in [6.45, 7) is 5.61. The van der Waals surface area contributed by atoms with Crippen LogP contribution in [-0.2, 0) is 16.9 Å². The summed E-state index contributed by atoms with van der Waals surface area (Å²) in [7, 11) is 0. The number of piperidine rings is 1. The number of rotatable bonds is 9. The lowest BCUT2D eigenvalue weighted by Crippen LogP contribution is -2.59. The quantitative estimate of drug-likeness (QED) is 0.364. The van der Waals surface area contributed by atoms with Crippen molar-refractivity contribution < 1.29 is 19.8 Å². The van der Waals surface area contributed by atoms with E-state index >= 15 is 0 Å². The van der Waals surface area contributed by atoms with Gasteiger partial charge in [-0.2, -0.15) is 0 Å². The van der Waals surface area contributed by atoms with Gasteiger partial charge in [0.1, 0.15) is 0 Å². The Bertz CT molecular complexity index is 972. The highest BCUT2D eigenvalue weighted by Gasteiger charge is 2.50. The fourth-order valence-corrected chi connectivity index (χ4v) is 4.77. The summed E-state index contributed by atoms with van der Waals surface area (Å²) >= 11 is 6.03. The summed E-state index contributed by atoms with van der Waals surface area (Å²) in [5, 5.41) is 26.8. The first-order chi connectivity index (χ1) is 16.1. The number of hydrogen-bond donors (Lipinski definition) is 4. The normalized spacial score (nSPS) is 19.9. The lowest BCUT2D eigenvalue weighted by molar-refractivity contribution is -0.155. The Labute approximate surface area is 218 Å². The number of nitrogens with one attached hydrogen (secondary N) is 2. The SMILES string of the molecule is CC1(C)CN(C(=O)C(CCCNC(=O)O)NCc2ccccc2)CCC1(O)c1ccc(Cl)cc1.Cl. The summed E-state index contributed by atoms with van der Waals surface area (Å²) in [6.07, 6.45) is 0.388. The number of likely N-dealkylation sites (tertiary alicyclic amines) is 1. The topological polar surface area (TPSA) is 102 Å². The highest BCUT2D eigenvalue weighted by Crippen LogP contribution is 2.46. The molecule has 9 heteroatoms. The van der Waals surface area contributed by atoms with Gasteiger partial charge in [0.15, 0.2) is 0 Å². The standard InChI is InChI=1S/C26H34ClN3O4.ClH/c1-25(2)18-30(16-14-26(25,34)20-10-12-21(27)13-11-20)23(31)22(9-6-15-28-24(32)33)29-17-19-7-4-3-5-8-19;/h3-5,7-8,10-13,22,28-29,34H,6,9,14-18H2,1-2H3,(H,32,33);1H. The van der Waals surface area contributed by atoms with Crippen LogP contribution in [0.2, 0.25) is 5.02 Å². The molecule has 0 aliphatic carbocycles. The number of aliphatic hydroxyl groups is 1. The largest absolute Gasteiger partial charge is 0.465 e. The zero-order chi connectivity index (χ0) is 24.8. The second-order valence-electron chi connectivity index (χ2n) is 9.55. The van der Waals surface area contributed by atoms with Gasteiger partial charge in [-0.05, 0) is 42.5 Å². The molecule has 1 heterocycles. The number of carboxylic acid groups (broad SMARTS) is 1. The van der Waals surface area contributed by atoms with Gasteiger partial charge in [0.05, 0.1) is 11.6 Å². The fourth-order valence-electron chi connectivity index (χ4n) is 4.64. The number of carbonyl (C=O) groups is 2. The third-order valence-electron chi connectivity index (χ3n) is 6.72. The van der Waals surface area contributed by atoms with Gasteiger partial charge in [0, 0.05) is 36.6 Å². The number of benzene rings is 2. The molecule has 1 fully saturated rings. The lowest BCUT2D eigenvalue weighted by Gasteiger charge is -2.51. The van der Waals surface area contributed by atoms with E-state index in [0.29, 0.717) is 43.9 Å². The minimum atomic E-state index is -1.08. The van der Waals surface area contributed by atoms with Crippen molar-refractivity contribution in [3.8, 4) is 0 Å². The maximum absolute atomic E-state index is 13.6. The van der Waals surface area contributed by atoms with Crippen LogP contribution < -0.4 is 10.6 Å². The Morgan fingerprint density at radius 2 is 1.77 bits per heavy atom. The summed E-state index contributed by atoms with van der Waals surface area (Å²) in [5.74, 6) is -0.0301. The smallest absolute Gasteiger partial charge is 0.404 e. The average Bonchev–Trinajstić information content (AvgIpc) is 2.81. The molecular weight excluding hydrogens is 489 g/mol. The van der Waals surface area contributed by atoms with Crippen LogP contribution in [-0.4, -0.2) is 52.8 Å². The zero-order valence-corrected chi connectivity index (χ0v) is 21.7. The average molecular weight is 524 g/mol. The molecule has 4 N–H and O–H groups in total. The number of carbonyl (C=O) groups excluding carboxylic acids is 1. The van der Waals surface area contributed by atoms with Gasteiger partial charge < -0.3 is 25.7 Å². The van der Waals surface area contributed by atoms with Gasteiger partial charge >= 0.3 is 6.09 Å². The second kappa shape index (κ2) is 12.6. The molecule has 3 rings (SSSR count). The third-order valence-corrected chi connectivity index (χ3v) is 6.97. The number of halogens is 2. The molecule has 1 saturated heterocycles. The molecule has 1 aliphatic heterocycles. The van der Waals surface area contributed by atoms with Crippen LogP contribution in [0, 0.1) is 5.41 Å². The van der Waals surface area contributed by atoms with E-state index in [9.17, 15) is 14.7 Å². The minimum absolute atomic E-state index is 0. The first-order valence-electron chi connectivity index (χ1n) is 11.6. The summed E-state index contributed by atoms with van der Waals surface area (Å²) in [4.78, 5) is 26.1. The van der Waals surface area contributed by atoms with E-state index in [1.165, 1.54) is 0 Å². The van der Waals surface area contributed by atoms with Crippen LogP contribution in [0.5, 0.6) is 0 Å². The maximum Gasteiger partial charge on any atom is 0.404 e. The molecule has 2 unspecified atom stereocenters. The Morgan fingerprint density at radius 1 is 1.11 bits per heavy atom. The lowest BCUT2D eigenvalue weighted by atomic mass is 9.66. The predicted molar refractivity (Wildman–Crippen MR) is 140 cm³/mol. The summed E-state index contributed by atoms with van der Waals surface area (Å²) in [5.41, 5.74) is 0.212. The third kappa shape index (κ3) is 7.34. The molecule has 2 atom stereocenters. The fraction of sp³-hybridized carbons (Fsp3) is 0.462. The van der Waals surface area contributed by atoms with E-state index in [4.69, 9.17) is 16.7 Å². The highest BCUT2D eigenvalue weighted by molar-refractivity contribution is 6.30. The number of hydrogen-bond acceptors (Lipinski definition) is 4. The van der Waals surface area contributed by atoms with Crippen molar-refractivity contribution in [1.82, 2.24) is 15.5 Å². The van der Waals surface area contributed by atoms with Crippen molar-refractivity contribution in [2.75, 3.05) is 19.6 Å². The Balaban J connectivity index is 0.00000432. The van der Waals surface area contributed by atoms with Gasteiger partial charge in [0.2, 0.25) is 5.91 Å². The number of nitrogens with zero attached hydrogens (tertiary/aromatic N) is 1. The molecule has 2 aromatic carbocycles. The predicted octanol–water partition coefficient (Wildman–Crippen LogP) is 4.41. The maximum atomic E-state index is 13.6. The van der Waals surface area contributed by atoms with Gasteiger partial charge in [-0.25, -0.2) is 4.79 Å². The first kappa shape index (κ1) is 28.9. The van der Waals surface area contributed by atoms with E-state index in [-0.39, 0.29) is 24.9 Å².